The predicted octanol–water partition coefficient (Wildman–Crippen LogP) is 5.70. The second kappa shape index (κ2) is 9.72. The van der Waals surface area contributed by atoms with Crippen molar-refractivity contribution >= 4 is 40.4 Å². The molecule has 0 fully saturated rings. The first-order valence-corrected chi connectivity index (χ1v) is 11.2. The van der Waals surface area contributed by atoms with Gasteiger partial charge in [0.1, 0.15) is 5.82 Å². The molecule has 4 rings (SSSR count). The summed E-state index contributed by atoms with van der Waals surface area (Å²) in [7, 11) is 0. The van der Waals surface area contributed by atoms with E-state index in [9.17, 15) is 4.39 Å². The molecule has 9 heteroatoms. The zero-order chi connectivity index (χ0) is 23.5. The Morgan fingerprint density at radius 3 is 2.55 bits per heavy atom. The molecule has 2 aromatic heterocycles. The van der Waals surface area contributed by atoms with Gasteiger partial charge in [-0.25, -0.2) is 4.39 Å². The highest BCUT2D eigenvalue weighted by molar-refractivity contribution is 7.80. The maximum absolute atomic E-state index is 13.3. The van der Waals surface area contributed by atoms with Crippen molar-refractivity contribution in [3.05, 3.63) is 93.6 Å². The third kappa shape index (κ3) is 5.40. The molecule has 0 aliphatic heterocycles. The van der Waals surface area contributed by atoms with E-state index in [1.54, 1.807) is 16.9 Å². The molecule has 0 spiro atoms. The van der Waals surface area contributed by atoms with Crippen molar-refractivity contribution < 1.29 is 4.39 Å². The van der Waals surface area contributed by atoms with Crippen LogP contribution in [0.3, 0.4) is 0 Å². The minimum absolute atomic E-state index is 0.365. The lowest BCUT2D eigenvalue weighted by molar-refractivity contribution is 0.624. The Kier molecular flexibility index (Phi) is 6.76. The number of anilines is 2. The monoisotopic (exact) mass is 482 g/mol. The van der Waals surface area contributed by atoms with E-state index in [1.807, 2.05) is 36.7 Å². The number of aryl methyl sites for hydroxylation is 2. The van der Waals surface area contributed by atoms with Gasteiger partial charge in [0.15, 0.2) is 10.9 Å². The second-order valence-corrected chi connectivity index (χ2v) is 8.66. The summed E-state index contributed by atoms with van der Waals surface area (Å²) in [5, 5.41) is 16.3. The second-order valence-electron chi connectivity index (χ2n) is 7.84. The highest BCUT2D eigenvalue weighted by Crippen LogP contribution is 2.22. The van der Waals surface area contributed by atoms with Gasteiger partial charge in [0.25, 0.3) is 0 Å². The number of hydrogen-bond acceptors (Lipinski definition) is 3. The topological polar surface area (TPSA) is 59.7 Å². The number of nitrogens with zero attached hydrogens (tertiary/aromatic N) is 4. The van der Waals surface area contributed by atoms with Gasteiger partial charge in [-0.15, -0.1) is 0 Å². The van der Waals surface area contributed by atoms with E-state index >= 15 is 0 Å². The highest BCUT2D eigenvalue weighted by Gasteiger charge is 2.14. The molecule has 0 saturated heterocycles. The van der Waals surface area contributed by atoms with Crippen LogP contribution in [0.15, 0.2) is 54.7 Å². The van der Waals surface area contributed by atoms with Crippen molar-refractivity contribution in [3.63, 3.8) is 0 Å². The molecule has 0 atom stereocenters. The molecule has 2 aromatic carbocycles. The van der Waals surface area contributed by atoms with Gasteiger partial charge in [-0.05, 0) is 61.8 Å². The summed E-state index contributed by atoms with van der Waals surface area (Å²) in [6, 6.07) is 14.4. The third-order valence-corrected chi connectivity index (χ3v) is 5.99. The van der Waals surface area contributed by atoms with E-state index in [-0.39, 0.29) is 5.82 Å². The lowest BCUT2D eigenvalue weighted by Gasteiger charge is -2.11. The van der Waals surface area contributed by atoms with Crippen molar-refractivity contribution in [2.75, 3.05) is 10.6 Å². The van der Waals surface area contributed by atoms with Crippen LogP contribution in [0.1, 0.15) is 28.1 Å². The molecule has 33 heavy (non-hydrogen) atoms. The molecule has 4 aromatic rings. The van der Waals surface area contributed by atoms with Crippen molar-refractivity contribution in [3.8, 4) is 0 Å². The lowest BCUT2D eigenvalue weighted by atomic mass is 10.1. The van der Waals surface area contributed by atoms with Gasteiger partial charge >= 0.3 is 0 Å². The van der Waals surface area contributed by atoms with Crippen LogP contribution in [-0.4, -0.2) is 24.7 Å². The Bertz CT molecular complexity index is 1310. The van der Waals surface area contributed by atoms with Crippen LogP contribution in [0.5, 0.6) is 0 Å². The van der Waals surface area contributed by atoms with Crippen LogP contribution in [0.4, 0.5) is 15.9 Å². The zero-order valence-corrected chi connectivity index (χ0v) is 20.1. The van der Waals surface area contributed by atoms with Gasteiger partial charge in [-0.2, -0.15) is 10.2 Å². The van der Waals surface area contributed by atoms with Crippen LogP contribution in [0.2, 0.25) is 5.02 Å². The Hall–Kier alpha value is -3.23. The van der Waals surface area contributed by atoms with E-state index in [2.05, 4.69) is 39.9 Å². The number of rotatable bonds is 6. The molecule has 170 valence electrons. The van der Waals surface area contributed by atoms with Gasteiger partial charge in [0.2, 0.25) is 0 Å². The maximum atomic E-state index is 13.3. The van der Waals surface area contributed by atoms with Crippen LogP contribution in [0.25, 0.3) is 0 Å². The zero-order valence-electron chi connectivity index (χ0n) is 18.6. The normalized spacial score (nSPS) is 10.9. The first kappa shape index (κ1) is 22.9. The average Bonchev–Trinajstić information content (AvgIpc) is 3.31. The number of nitrogens with one attached hydrogen (secondary N) is 2. The number of hydrogen-bond donors (Lipinski definition) is 2. The fraction of sp³-hybridized carbons (Fsp3) is 0.208. The largest absolute Gasteiger partial charge is 0.329 e. The summed E-state index contributed by atoms with van der Waals surface area (Å²) >= 11 is 11.6. The predicted molar refractivity (Wildman–Crippen MR) is 135 cm³/mol. The SMILES string of the molecule is Cc1ccccc1Cn1nc(C)c(NC(=S)Nc2ccn(Cc3ccc(F)cc3Cl)n2)c1C. The fourth-order valence-corrected chi connectivity index (χ4v) is 4.02. The minimum Gasteiger partial charge on any atom is -0.329 e. The number of aromatic nitrogens is 4. The summed E-state index contributed by atoms with van der Waals surface area (Å²) in [4.78, 5) is 0. The summed E-state index contributed by atoms with van der Waals surface area (Å²) in [6.07, 6.45) is 1.81. The number of halogens is 2. The molecule has 0 radical (unpaired) electrons. The third-order valence-electron chi connectivity index (χ3n) is 5.43. The maximum Gasteiger partial charge on any atom is 0.176 e. The first-order valence-electron chi connectivity index (χ1n) is 10.4. The Labute approximate surface area is 202 Å². The highest BCUT2D eigenvalue weighted by atomic mass is 35.5. The van der Waals surface area contributed by atoms with Gasteiger partial charge in [-0.1, -0.05) is 41.9 Å². The van der Waals surface area contributed by atoms with E-state index < -0.39 is 0 Å². The minimum atomic E-state index is -0.365. The summed E-state index contributed by atoms with van der Waals surface area (Å²) < 4.78 is 16.9. The molecular weight excluding hydrogens is 459 g/mol. The Morgan fingerprint density at radius 2 is 1.79 bits per heavy atom. The molecule has 2 heterocycles. The van der Waals surface area contributed by atoms with E-state index in [4.69, 9.17) is 23.8 Å². The van der Waals surface area contributed by atoms with Gasteiger partial charge in [-0.3, -0.25) is 9.36 Å². The Morgan fingerprint density at radius 1 is 1.00 bits per heavy atom. The van der Waals surface area contributed by atoms with Crippen molar-refractivity contribution in [2.45, 2.75) is 33.9 Å². The van der Waals surface area contributed by atoms with Crippen LogP contribution in [0, 0.1) is 26.6 Å². The average molecular weight is 483 g/mol. The molecular formula is C24H24ClFN6S. The van der Waals surface area contributed by atoms with Crippen LogP contribution < -0.4 is 10.6 Å². The van der Waals surface area contributed by atoms with Gasteiger partial charge < -0.3 is 10.6 Å². The molecule has 0 bridgehead atoms. The van der Waals surface area contributed by atoms with E-state index in [1.165, 1.54) is 23.3 Å². The Balaban J connectivity index is 1.41. The molecule has 0 unspecified atom stereocenters. The molecule has 0 aliphatic carbocycles. The molecule has 6 nitrogen and oxygen atoms in total. The quantitative estimate of drug-likeness (QED) is 0.345. The van der Waals surface area contributed by atoms with Crippen molar-refractivity contribution in [1.29, 1.82) is 0 Å². The van der Waals surface area contributed by atoms with E-state index in [0.717, 1.165) is 22.6 Å². The van der Waals surface area contributed by atoms with Crippen molar-refractivity contribution in [1.82, 2.24) is 19.6 Å². The molecule has 0 saturated carbocycles. The lowest BCUT2D eigenvalue weighted by Crippen LogP contribution is -2.20. The number of thiocarbonyl (C=S) groups is 1. The first-order chi connectivity index (χ1) is 15.8. The smallest absolute Gasteiger partial charge is 0.176 e. The summed E-state index contributed by atoms with van der Waals surface area (Å²) in [6.45, 7) is 7.18. The molecule has 0 aliphatic rings. The van der Waals surface area contributed by atoms with Gasteiger partial charge in [0, 0.05) is 17.3 Å². The van der Waals surface area contributed by atoms with Crippen LogP contribution >= 0.6 is 23.8 Å². The van der Waals surface area contributed by atoms with Crippen LogP contribution in [-0.2, 0) is 13.1 Å². The summed E-state index contributed by atoms with van der Waals surface area (Å²) in [5.74, 6) is 0.226. The summed E-state index contributed by atoms with van der Waals surface area (Å²) in [5.41, 5.74) is 5.97. The standard InChI is InChI=1S/C24H24ClFN6S/c1-15-6-4-5-7-18(15)14-32-17(3)23(16(2)29-32)28-24(33)27-22-10-11-31(30-22)13-19-8-9-20(26)12-21(19)25/h4-12H,13-14H2,1-3H3,(H2,27,28,30,33). The number of benzene rings is 2. The van der Waals surface area contributed by atoms with Crippen molar-refractivity contribution in [2.24, 2.45) is 0 Å². The van der Waals surface area contributed by atoms with E-state index in [0.29, 0.717) is 29.0 Å². The molecule has 2 N–H and O–H groups in total. The molecule has 0 amide bonds. The fourth-order valence-electron chi connectivity index (χ4n) is 3.58. The van der Waals surface area contributed by atoms with Gasteiger partial charge in [0.05, 0.1) is 30.2 Å².